The summed E-state index contributed by atoms with van der Waals surface area (Å²) in [6.45, 7) is 6.63. The van der Waals surface area contributed by atoms with E-state index in [-0.39, 0.29) is 29.9 Å². The van der Waals surface area contributed by atoms with Crippen LogP contribution >= 0.6 is 35.7 Å². The van der Waals surface area contributed by atoms with Crippen LogP contribution in [0.5, 0.6) is 0 Å². The molecule has 1 saturated heterocycles. The number of hydrogen-bond acceptors (Lipinski definition) is 3. The fraction of sp³-hybridized carbons (Fsp3) is 0.882. The lowest BCUT2D eigenvalue weighted by atomic mass is 9.87. The van der Waals surface area contributed by atoms with Crippen LogP contribution in [-0.2, 0) is 4.79 Å². The number of carbonyl (C=O) groups excluding carboxylic acids is 1. The number of aliphatic imine (C=N–C) groups is 1. The van der Waals surface area contributed by atoms with Gasteiger partial charge in [0.25, 0.3) is 0 Å². The van der Waals surface area contributed by atoms with Gasteiger partial charge in [0.1, 0.15) is 0 Å². The molecule has 0 aromatic heterocycles. The van der Waals surface area contributed by atoms with Crippen molar-refractivity contribution in [3.8, 4) is 0 Å². The molecular formula is C17H33IN4OS. The van der Waals surface area contributed by atoms with E-state index >= 15 is 0 Å². The summed E-state index contributed by atoms with van der Waals surface area (Å²) in [5.41, 5.74) is -0.447. The molecule has 0 unspecified atom stereocenters. The molecule has 0 radical (unpaired) electrons. The van der Waals surface area contributed by atoms with Crippen molar-refractivity contribution in [3.05, 3.63) is 0 Å². The predicted molar refractivity (Wildman–Crippen MR) is 114 cm³/mol. The Hall–Kier alpha value is -0.180. The Balaban J connectivity index is 0.00000288. The number of guanidine groups is 1. The highest BCUT2D eigenvalue weighted by Crippen LogP contribution is 2.42. The first-order valence-electron chi connectivity index (χ1n) is 8.74. The lowest BCUT2D eigenvalue weighted by Crippen LogP contribution is -2.55. The van der Waals surface area contributed by atoms with Crippen molar-refractivity contribution >= 4 is 47.6 Å². The third-order valence-electron chi connectivity index (χ3n) is 5.05. The fourth-order valence-corrected chi connectivity index (χ4v) is 5.14. The van der Waals surface area contributed by atoms with Crippen LogP contribution < -0.4 is 10.6 Å². The summed E-state index contributed by atoms with van der Waals surface area (Å²) < 4.78 is 0.421. The first-order valence-corrected chi connectivity index (χ1v) is 9.73. The number of halogens is 1. The van der Waals surface area contributed by atoms with Crippen molar-refractivity contribution in [3.63, 3.8) is 0 Å². The topological polar surface area (TPSA) is 56.7 Å². The molecule has 1 aliphatic heterocycles. The van der Waals surface area contributed by atoms with Crippen LogP contribution in [0.4, 0.5) is 0 Å². The molecule has 1 saturated carbocycles. The molecule has 140 valence electrons. The van der Waals surface area contributed by atoms with Crippen molar-refractivity contribution in [2.24, 2.45) is 10.4 Å². The number of rotatable bonds is 3. The molecule has 5 nitrogen and oxygen atoms in total. The predicted octanol–water partition coefficient (Wildman–Crippen LogP) is 2.70. The van der Waals surface area contributed by atoms with Crippen LogP contribution in [0, 0.1) is 5.41 Å². The molecule has 0 aromatic carbocycles. The zero-order valence-electron chi connectivity index (χ0n) is 15.5. The van der Waals surface area contributed by atoms with E-state index in [4.69, 9.17) is 0 Å². The molecule has 0 atom stereocenters. The second-order valence-electron chi connectivity index (χ2n) is 7.38. The van der Waals surface area contributed by atoms with Gasteiger partial charge < -0.3 is 15.5 Å². The number of nitrogens with one attached hydrogen (secondary N) is 2. The van der Waals surface area contributed by atoms with Gasteiger partial charge in [-0.2, -0.15) is 11.8 Å². The Morgan fingerprint density at radius 1 is 1.29 bits per heavy atom. The number of carbonyl (C=O) groups is 1. The average molecular weight is 468 g/mol. The minimum Gasteiger partial charge on any atom is -0.359 e. The van der Waals surface area contributed by atoms with Gasteiger partial charge in [-0.05, 0) is 26.7 Å². The number of hydrogen-bond donors (Lipinski definition) is 2. The summed E-state index contributed by atoms with van der Waals surface area (Å²) in [6, 6.07) is 0. The second-order valence-corrected chi connectivity index (χ2v) is 8.94. The van der Waals surface area contributed by atoms with E-state index < -0.39 is 5.41 Å². The number of thioether (sulfide) groups is 1. The van der Waals surface area contributed by atoms with Crippen LogP contribution in [0.25, 0.3) is 0 Å². The van der Waals surface area contributed by atoms with Gasteiger partial charge in [0.05, 0.1) is 5.41 Å². The average Bonchev–Trinajstić information content (AvgIpc) is 2.55. The van der Waals surface area contributed by atoms with Crippen LogP contribution in [0.3, 0.4) is 0 Å². The molecule has 1 amide bonds. The molecule has 0 aromatic rings. The molecule has 2 N–H and O–H groups in total. The van der Waals surface area contributed by atoms with Crippen LogP contribution in [-0.4, -0.2) is 61.0 Å². The maximum Gasteiger partial charge on any atom is 0.227 e. The van der Waals surface area contributed by atoms with Crippen molar-refractivity contribution in [2.45, 2.75) is 50.7 Å². The largest absolute Gasteiger partial charge is 0.359 e. The van der Waals surface area contributed by atoms with E-state index in [2.05, 4.69) is 32.3 Å². The number of amides is 1. The first-order chi connectivity index (χ1) is 10.9. The SMILES string of the molecule is CN=C(NCC(C)(C)C(=O)NC)N1CCSC2(CCCCC2)C1.I. The molecule has 0 bridgehead atoms. The van der Waals surface area contributed by atoms with Crippen molar-refractivity contribution in [2.75, 3.05) is 39.5 Å². The minimum atomic E-state index is -0.447. The molecule has 1 heterocycles. The molecule has 24 heavy (non-hydrogen) atoms. The van der Waals surface area contributed by atoms with Crippen molar-refractivity contribution < 1.29 is 4.79 Å². The Morgan fingerprint density at radius 3 is 2.54 bits per heavy atom. The normalized spacial score (nSPS) is 21.2. The van der Waals surface area contributed by atoms with Crippen LogP contribution in [0.1, 0.15) is 46.0 Å². The second kappa shape index (κ2) is 9.50. The van der Waals surface area contributed by atoms with Crippen LogP contribution in [0.15, 0.2) is 4.99 Å². The molecule has 2 rings (SSSR count). The van der Waals surface area contributed by atoms with Gasteiger partial charge in [0, 0.05) is 44.2 Å². The third kappa shape index (κ3) is 5.41. The highest BCUT2D eigenvalue weighted by molar-refractivity contribution is 14.0. The van der Waals surface area contributed by atoms with Gasteiger partial charge in [-0.3, -0.25) is 9.79 Å². The summed E-state index contributed by atoms with van der Waals surface area (Å²) >= 11 is 2.16. The van der Waals surface area contributed by atoms with E-state index in [9.17, 15) is 4.79 Å². The van der Waals surface area contributed by atoms with E-state index in [1.165, 1.54) is 37.9 Å². The third-order valence-corrected chi connectivity index (χ3v) is 6.59. The molecule has 2 fully saturated rings. The lowest BCUT2D eigenvalue weighted by Gasteiger charge is -2.45. The maximum absolute atomic E-state index is 11.9. The van der Waals surface area contributed by atoms with E-state index in [1.54, 1.807) is 7.05 Å². The smallest absolute Gasteiger partial charge is 0.227 e. The van der Waals surface area contributed by atoms with E-state index in [1.807, 2.05) is 20.9 Å². The Kier molecular flexibility index (Phi) is 8.65. The van der Waals surface area contributed by atoms with Gasteiger partial charge in [0.2, 0.25) is 5.91 Å². The lowest BCUT2D eigenvalue weighted by molar-refractivity contribution is -0.128. The summed E-state index contributed by atoms with van der Waals surface area (Å²) in [6.07, 6.45) is 6.76. The Labute approximate surface area is 168 Å². The van der Waals surface area contributed by atoms with E-state index in [0.29, 0.717) is 11.3 Å². The molecule has 7 heteroatoms. The van der Waals surface area contributed by atoms with Gasteiger partial charge in [0.15, 0.2) is 5.96 Å². The fourth-order valence-electron chi connectivity index (χ4n) is 3.58. The highest BCUT2D eigenvalue weighted by Gasteiger charge is 2.38. The van der Waals surface area contributed by atoms with E-state index in [0.717, 1.165) is 19.0 Å². The first kappa shape index (κ1) is 21.9. The zero-order valence-corrected chi connectivity index (χ0v) is 18.6. The molecule has 1 spiro atoms. The minimum absolute atomic E-state index is 0. The number of nitrogens with zero attached hydrogens (tertiary/aromatic N) is 2. The van der Waals surface area contributed by atoms with Crippen molar-refractivity contribution in [1.82, 2.24) is 15.5 Å². The highest BCUT2D eigenvalue weighted by atomic mass is 127. The molecule has 1 aliphatic carbocycles. The Morgan fingerprint density at radius 2 is 1.96 bits per heavy atom. The standard InChI is InChI=1S/C17H32N4OS.HI/c1-16(2,14(22)18-3)12-20-15(19-4)21-10-11-23-17(13-21)8-6-5-7-9-17;/h5-13H2,1-4H3,(H,18,22)(H,19,20);1H. The van der Waals surface area contributed by atoms with Gasteiger partial charge in [-0.15, -0.1) is 24.0 Å². The quantitative estimate of drug-likeness (QED) is 0.380. The molecule has 2 aliphatic rings. The Bertz CT molecular complexity index is 444. The van der Waals surface area contributed by atoms with Crippen molar-refractivity contribution in [1.29, 1.82) is 0 Å². The summed E-state index contributed by atoms with van der Waals surface area (Å²) in [4.78, 5) is 18.8. The maximum atomic E-state index is 11.9. The summed E-state index contributed by atoms with van der Waals surface area (Å²) in [5.74, 6) is 2.16. The van der Waals surface area contributed by atoms with Gasteiger partial charge in [-0.25, -0.2) is 0 Å². The molecular weight excluding hydrogens is 435 g/mol. The summed E-state index contributed by atoms with van der Waals surface area (Å²) in [7, 11) is 3.53. The van der Waals surface area contributed by atoms with Crippen LogP contribution in [0.2, 0.25) is 0 Å². The monoisotopic (exact) mass is 468 g/mol. The zero-order chi connectivity index (χ0) is 16.9. The van der Waals surface area contributed by atoms with Gasteiger partial charge >= 0.3 is 0 Å². The van der Waals surface area contributed by atoms with Gasteiger partial charge in [-0.1, -0.05) is 19.3 Å². The summed E-state index contributed by atoms with van der Waals surface area (Å²) in [5, 5.41) is 6.16.